The van der Waals surface area contributed by atoms with Gasteiger partial charge < -0.3 is 14.4 Å². The summed E-state index contributed by atoms with van der Waals surface area (Å²) < 4.78 is 10.4. The van der Waals surface area contributed by atoms with Crippen molar-refractivity contribution in [3.05, 3.63) is 18.6 Å². The Morgan fingerprint density at radius 2 is 2.47 bits per heavy atom. The number of ether oxygens (including phenoxy) is 2. The van der Waals surface area contributed by atoms with Crippen molar-refractivity contribution in [3.63, 3.8) is 0 Å². The van der Waals surface area contributed by atoms with Crippen LogP contribution in [0.4, 0.5) is 0 Å². The van der Waals surface area contributed by atoms with Gasteiger partial charge in [-0.3, -0.25) is 9.78 Å². The normalized spacial score (nSPS) is 19.4. The lowest BCUT2D eigenvalue weighted by atomic mass is 10.3. The molecule has 92 valence electrons. The van der Waals surface area contributed by atoms with E-state index in [1.54, 1.807) is 23.5 Å². The topological polar surface area (TPSA) is 64.5 Å². The molecule has 0 aromatic carbocycles. The molecular formula is C11H15N3O3. The van der Waals surface area contributed by atoms with E-state index in [2.05, 4.69) is 9.97 Å². The Labute approximate surface area is 99.6 Å². The molecule has 1 aromatic heterocycles. The molecule has 1 unspecified atom stereocenters. The van der Waals surface area contributed by atoms with Crippen molar-refractivity contribution in [1.29, 1.82) is 0 Å². The largest absolute Gasteiger partial charge is 0.471 e. The molecule has 6 nitrogen and oxygen atoms in total. The Balaban J connectivity index is 1.84. The first kappa shape index (κ1) is 11.8. The average molecular weight is 237 g/mol. The molecule has 1 aliphatic heterocycles. The molecular weight excluding hydrogens is 222 g/mol. The molecule has 1 amide bonds. The van der Waals surface area contributed by atoms with Gasteiger partial charge in [0.1, 0.15) is 12.7 Å². The number of carbonyl (C=O) groups excluding carboxylic acids is 1. The maximum Gasteiger partial charge on any atom is 0.248 e. The standard InChI is InChI=1S/C11H15N3O3/c1-16-8-11(15)14-5-2-9(7-14)17-10-6-12-3-4-13-10/h3-4,6,9H,2,5,7-8H2,1H3. The summed E-state index contributed by atoms with van der Waals surface area (Å²) in [6.07, 6.45) is 5.55. The monoisotopic (exact) mass is 237 g/mol. The van der Waals surface area contributed by atoms with E-state index in [-0.39, 0.29) is 18.6 Å². The third-order valence-corrected chi connectivity index (χ3v) is 2.59. The van der Waals surface area contributed by atoms with Crippen molar-refractivity contribution >= 4 is 5.91 Å². The molecule has 1 fully saturated rings. The lowest BCUT2D eigenvalue weighted by Gasteiger charge is -2.16. The van der Waals surface area contributed by atoms with Gasteiger partial charge >= 0.3 is 0 Å². The van der Waals surface area contributed by atoms with Crippen molar-refractivity contribution in [2.24, 2.45) is 0 Å². The highest BCUT2D eigenvalue weighted by molar-refractivity contribution is 5.77. The molecule has 0 bridgehead atoms. The highest BCUT2D eigenvalue weighted by Gasteiger charge is 2.27. The zero-order chi connectivity index (χ0) is 12.1. The zero-order valence-electron chi connectivity index (χ0n) is 9.70. The smallest absolute Gasteiger partial charge is 0.248 e. The molecule has 2 rings (SSSR count). The number of rotatable bonds is 4. The van der Waals surface area contributed by atoms with E-state index in [9.17, 15) is 4.79 Å². The summed E-state index contributed by atoms with van der Waals surface area (Å²) in [4.78, 5) is 21.3. The third kappa shape index (κ3) is 3.13. The molecule has 0 spiro atoms. The Bertz CT molecular complexity index is 371. The molecule has 17 heavy (non-hydrogen) atoms. The molecule has 0 saturated carbocycles. The predicted octanol–water partition coefficient (Wildman–Crippen LogP) is 0.103. The van der Waals surface area contributed by atoms with Crippen LogP contribution in [0.3, 0.4) is 0 Å². The van der Waals surface area contributed by atoms with Crippen LogP contribution in [0, 0.1) is 0 Å². The van der Waals surface area contributed by atoms with Crippen LogP contribution in [0.2, 0.25) is 0 Å². The van der Waals surface area contributed by atoms with Crippen LogP contribution in [0.15, 0.2) is 18.6 Å². The highest BCUT2D eigenvalue weighted by atomic mass is 16.5. The van der Waals surface area contributed by atoms with Crippen LogP contribution in [-0.4, -0.2) is 53.7 Å². The highest BCUT2D eigenvalue weighted by Crippen LogP contribution is 2.15. The van der Waals surface area contributed by atoms with Crippen LogP contribution >= 0.6 is 0 Å². The molecule has 1 atom stereocenters. The SMILES string of the molecule is COCC(=O)N1CCC(Oc2cnccn2)C1. The minimum absolute atomic E-state index is 0.00209. The summed E-state index contributed by atoms with van der Waals surface area (Å²) in [6, 6.07) is 0. The average Bonchev–Trinajstić information content (AvgIpc) is 2.79. The van der Waals surface area contributed by atoms with Crippen LogP contribution in [0.1, 0.15) is 6.42 Å². The molecule has 1 aliphatic rings. The summed E-state index contributed by atoms with van der Waals surface area (Å²) in [5.41, 5.74) is 0. The Kier molecular flexibility index (Phi) is 3.87. The minimum atomic E-state index is -0.00694. The van der Waals surface area contributed by atoms with E-state index in [4.69, 9.17) is 9.47 Å². The zero-order valence-corrected chi connectivity index (χ0v) is 9.70. The van der Waals surface area contributed by atoms with Gasteiger partial charge in [-0.1, -0.05) is 0 Å². The molecule has 0 aliphatic carbocycles. The van der Waals surface area contributed by atoms with E-state index in [0.717, 1.165) is 6.42 Å². The summed E-state index contributed by atoms with van der Waals surface area (Å²) in [5.74, 6) is 0.497. The van der Waals surface area contributed by atoms with Gasteiger partial charge in [-0.25, -0.2) is 4.98 Å². The Morgan fingerprint density at radius 3 is 3.18 bits per heavy atom. The molecule has 1 aromatic rings. The number of carbonyl (C=O) groups is 1. The van der Waals surface area contributed by atoms with Gasteiger partial charge in [0, 0.05) is 32.5 Å². The maximum absolute atomic E-state index is 11.6. The second-order valence-electron chi connectivity index (χ2n) is 3.84. The fourth-order valence-corrected chi connectivity index (χ4v) is 1.78. The second-order valence-corrected chi connectivity index (χ2v) is 3.84. The van der Waals surface area contributed by atoms with E-state index in [1.165, 1.54) is 7.11 Å². The quantitative estimate of drug-likeness (QED) is 0.743. The molecule has 0 radical (unpaired) electrons. The van der Waals surface area contributed by atoms with Crippen molar-refractivity contribution in [2.45, 2.75) is 12.5 Å². The van der Waals surface area contributed by atoms with Gasteiger partial charge in [0.15, 0.2) is 0 Å². The van der Waals surface area contributed by atoms with E-state index >= 15 is 0 Å². The van der Waals surface area contributed by atoms with Gasteiger partial charge in [-0.05, 0) is 0 Å². The van der Waals surface area contributed by atoms with Crippen LogP contribution < -0.4 is 4.74 Å². The van der Waals surface area contributed by atoms with E-state index in [1.807, 2.05) is 0 Å². The predicted molar refractivity (Wildman–Crippen MR) is 59.5 cm³/mol. The van der Waals surface area contributed by atoms with Gasteiger partial charge in [-0.2, -0.15) is 0 Å². The van der Waals surface area contributed by atoms with Crippen molar-refractivity contribution in [1.82, 2.24) is 14.9 Å². The molecule has 6 heteroatoms. The van der Waals surface area contributed by atoms with E-state index in [0.29, 0.717) is 19.0 Å². The molecule has 2 heterocycles. The summed E-state index contributed by atoms with van der Waals surface area (Å²) in [5, 5.41) is 0. The fourth-order valence-electron chi connectivity index (χ4n) is 1.78. The first-order valence-corrected chi connectivity index (χ1v) is 5.49. The Hall–Kier alpha value is -1.69. The van der Waals surface area contributed by atoms with Crippen molar-refractivity contribution in [2.75, 3.05) is 26.8 Å². The first-order valence-electron chi connectivity index (χ1n) is 5.49. The second kappa shape index (κ2) is 5.58. The van der Waals surface area contributed by atoms with Gasteiger partial charge in [0.2, 0.25) is 11.8 Å². The first-order chi connectivity index (χ1) is 8.29. The maximum atomic E-state index is 11.6. The fraction of sp³-hybridized carbons (Fsp3) is 0.545. The number of nitrogens with zero attached hydrogens (tertiary/aromatic N) is 3. The van der Waals surface area contributed by atoms with Crippen LogP contribution in [0.5, 0.6) is 5.88 Å². The molecule has 0 N–H and O–H groups in total. The summed E-state index contributed by atoms with van der Waals surface area (Å²) in [7, 11) is 1.52. The Morgan fingerprint density at radius 1 is 1.59 bits per heavy atom. The van der Waals surface area contributed by atoms with Gasteiger partial charge in [0.05, 0.1) is 12.7 Å². The van der Waals surface area contributed by atoms with Gasteiger partial charge in [0.25, 0.3) is 0 Å². The van der Waals surface area contributed by atoms with Crippen LogP contribution in [0.25, 0.3) is 0 Å². The van der Waals surface area contributed by atoms with E-state index < -0.39 is 0 Å². The number of hydrogen-bond acceptors (Lipinski definition) is 5. The third-order valence-electron chi connectivity index (χ3n) is 2.59. The lowest BCUT2D eigenvalue weighted by molar-refractivity contribution is -0.134. The number of aromatic nitrogens is 2. The minimum Gasteiger partial charge on any atom is -0.471 e. The number of likely N-dealkylation sites (tertiary alicyclic amines) is 1. The summed E-state index contributed by atoms with van der Waals surface area (Å²) in [6.45, 7) is 1.41. The number of amides is 1. The summed E-state index contributed by atoms with van der Waals surface area (Å²) >= 11 is 0. The number of methoxy groups -OCH3 is 1. The van der Waals surface area contributed by atoms with Gasteiger partial charge in [-0.15, -0.1) is 0 Å². The van der Waals surface area contributed by atoms with Crippen molar-refractivity contribution < 1.29 is 14.3 Å². The lowest BCUT2D eigenvalue weighted by Crippen LogP contribution is -2.33. The van der Waals surface area contributed by atoms with Crippen molar-refractivity contribution in [3.8, 4) is 5.88 Å². The van der Waals surface area contributed by atoms with Crippen LogP contribution in [-0.2, 0) is 9.53 Å². The number of hydrogen-bond donors (Lipinski definition) is 0. The molecule has 1 saturated heterocycles.